The molecule has 0 spiro atoms. The summed E-state index contributed by atoms with van der Waals surface area (Å²) in [5, 5.41) is 4.89. The molecule has 1 aromatic carbocycles. The monoisotopic (exact) mass is 390 g/mol. The van der Waals surface area contributed by atoms with E-state index in [2.05, 4.69) is 32.4 Å². The number of hydrogen-bond acceptors (Lipinski definition) is 5. The van der Waals surface area contributed by atoms with Crippen molar-refractivity contribution in [2.24, 2.45) is 20.8 Å². The second-order valence-corrected chi connectivity index (χ2v) is 6.86. The molecule has 0 fully saturated rings. The van der Waals surface area contributed by atoms with Crippen molar-refractivity contribution in [1.82, 2.24) is 5.01 Å². The largest absolute Gasteiger partial charge is 0.339 e. The SMILES string of the molecule is C/C=C\N=C(Nc1ccc(C2=CN=CC2)cc1)C(C)=N/C=C(C)/C(C)=C/N(C)N. The average molecular weight is 391 g/mol. The Hall–Kier alpha value is -3.25. The summed E-state index contributed by atoms with van der Waals surface area (Å²) in [5.41, 5.74) is 6.22. The van der Waals surface area contributed by atoms with Gasteiger partial charge in [-0.25, -0.2) is 10.8 Å². The van der Waals surface area contributed by atoms with Crippen molar-refractivity contribution >= 4 is 29.0 Å². The van der Waals surface area contributed by atoms with E-state index in [1.165, 1.54) is 16.1 Å². The van der Waals surface area contributed by atoms with E-state index in [1.807, 2.05) is 70.7 Å². The van der Waals surface area contributed by atoms with Gasteiger partial charge in [-0.2, -0.15) is 0 Å². The Labute approximate surface area is 173 Å². The molecule has 0 aliphatic carbocycles. The van der Waals surface area contributed by atoms with E-state index in [0.717, 1.165) is 29.0 Å². The number of aliphatic imine (C=N–C) groups is 3. The fraction of sp³-hybridized carbons (Fsp3) is 0.261. The zero-order valence-electron chi connectivity index (χ0n) is 17.8. The molecule has 6 nitrogen and oxygen atoms in total. The van der Waals surface area contributed by atoms with Gasteiger partial charge in [0, 0.05) is 50.2 Å². The van der Waals surface area contributed by atoms with Crippen LogP contribution in [-0.2, 0) is 0 Å². The normalized spacial score (nSPS) is 15.9. The molecule has 152 valence electrons. The van der Waals surface area contributed by atoms with Gasteiger partial charge in [-0.05, 0) is 62.1 Å². The molecule has 1 aliphatic rings. The third kappa shape index (κ3) is 7.01. The van der Waals surface area contributed by atoms with E-state index in [4.69, 9.17) is 5.84 Å². The summed E-state index contributed by atoms with van der Waals surface area (Å²) >= 11 is 0. The van der Waals surface area contributed by atoms with Crippen LogP contribution in [-0.4, -0.2) is 29.8 Å². The highest BCUT2D eigenvalue weighted by Gasteiger charge is 2.07. The van der Waals surface area contributed by atoms with Gasteiger partial charge in [-0.3, -0.25) is 9.98 Å². The van der Waals surface area contributed by atoms with Gasteiger partial charge in [0.15, 0.2) is 5.84 Å². The summed E-state index contributed by atoms with van der Waals surface area (Å²) in [6.45, 7) is 7.87. The fourth-order valence-electron chi connectivity index (χ4n) is 2.57. The van der Waals surface area contributed by atoms with Crippen molar-refractivity contribution in [3.8, 4) is 0 Å². The van der Waals surface area contributed by atoms with Crippen LogP contribution in [0.2, 0.25) is 0 Å². The molecular weight excluding hydrogens is 360 g/mol. The van der Waals surface area contributed by atoms with E-state index >= 15 is 0 Å². The first-order valence-electron chi connectivity index (χ1n) is 9.55. The number of nitrogens with two attached hydrogens (primary N) is 1. The summed E-state index contributed by atoms with van der Waals surface area (Å²) in [6.07, 6.45) is 12.0. The van der Waals surface area contributed by atoms with E-state index in [-0.39, 0.29) is 0 Å². The lowest BCUT2D eigenvalue weighted by molar-refractivity contribution is 0.481. The molecular formula is C23H30N6. The lowest BCUT2D eigenvalue weighted by atomic mass is 10.1. The first-order valence-corrected chi connectivity index (χ1v) is 9.55. The number of hydrogen-bond donors (Lipinski definition) is 2. The highest BCUT2D eigenvalue weighted by Crippen LogP contribution is 2.22. The Bertz CT molecular complexity index is 909. The van der Waals surface area contributed by atoms with Gasteiger partial charge >= 0.3 is 0 Å². The topological polar surface area (TPSA) is 78.4 Å². The molecule has 0 saturated carbocycles. The van der Waals surface area contributed by atoms with Gasteiger partial charge < -0.3 is 10.3 Å². The number of anilines is 1. The lowest BCUT2D eigenvalue weighted by Gasteiger charge is -2.11. The number of rotatable bonds is 7. The van der Waals surface area contributed by atoms with Crippen LogP contribution in [0.4, 0.5) is 5.69 Å². The zero-order chi connectivity index (χ0) is 21.2. The lowest BCUT2D eigenvalue weighted by Crippen LogP contribution is -2.20. The van der Waals surface area contributed by atoms with Gasteiger partial charge in [0.05, 0.1) is 5.71 Å². The second kappa shape index (κ2) is 10.9. The Morgan fingerprint density at radius 3 is 2.45 bits per heavy atom. The minimum atomic E-state index is 0.695. The Morgan fingerprint density at radius 1 is 1.14 bits per heavy atom. The van der Waals surface area contributed by atoms with Gasteiger partial charge in [0.2, 0.25) is 0 Å². The first-order chi connectivity index (χ1) is 13.9. The quantitative estimate of drug-likeness (QED) is 0.228. The highest BCUT2D eigenvalue weighted by atomic mass is 15.4. The minimum Gasteiger partial charge on any atom is -0.339 e. The first kappa shape index (κ1) is 22.0. The van der Waals surface area contributed by atoms with Crippen LogP contribution >= 0.6 is 0 Å². The van der Waals surface area contributed by atoms with Gasteiger partial charge in [-0.1, -0.05) is 18.2 Å². The molecule has 1 aliphatic heterocycles. The van der Waals surface area contributed by atoms with E-state index < -0.39 is 0 Å². The van der Waals surface area contributed by atoms with Gasteiger partial charge in [0.1, 0.15) is 0 Å². The highest BCUT2D eigenvalue weighted by molar-refractivity contribution is 6.45. The molecule has 0 amide bonds. The van der Waals surface area contributed by atoms with Crippen molar-refractivity contribution in [2.75, 3.05) is 12.4 Å². The summed E-state index contributed by atoms with van der Waals surface area (Å²) < 4.78 is 0. The number of nitrogens with one attached hydrogen (secondary N) is 1. The van der Waals surface area contributed by atoms with Crippen LogP contribution in [0.5, 0.6) is 0 Å². The maximum atomic E-state index is 5.67. The number of nitrogens with zero attached hydrogens (tertiary/aromatic N) is 4. The molecule has 6 heteroatoms. The summed E-state index contributed by atoms with van der Waals surface area (Å²) in [5.74, 6) is 6.37. The van der Waals surface area contributed by atoms with Crippen LogP contribution in [0.25, 0.3) is 5.57 Å². The Morgan fingerprint density at radius 2 is 1.86 bits per heavy atom. The minimum absolute atomic E-state index is 0.695. The number of amidine groups is 1. The molecule has 0 unspecified atom stereocenters. The van der Waals surface area contributed by atoms with Crippen molar-refractivity contribution in [1.29, 1.82) is 0 Å². The molecule has 0 atom stereocenters. The summed E-state index contributed by atoms with van der Waals surface area (Å²) in [7, 11) is 1.79. The van der Waals surface area contributed by atoms with E-state index in [1.54, 1.807) is 13.2 Å². The van der Waals surface area contributed by atoms with Crippen molar-refractivity contribution in [3.05, 3.63) is 71.9 Å². The molecule has 0 radical (unpaired) electrons. The van der Waals surface area contributed by atoms with Crippen LogP contribution in [0.1, 0.15) is 39.7 Å². The molecule has 1 aromatic rings. The third-order valence-electron chi connectivity index (χ3n) is 4.33. The molecule has 3 N–H and O–H groups in total. The second-order valence-electron chi connectivity index (χ2n) is 6.86. The number of allylic oxidation sites excluding steroid dienone is 4. The Balaban J connectivity index is 2.18. The Kier molecular flexibility index (Phi) is 8.30. The summed E-state index contributed by atoms with van der Waals surface area (Å²) in [4.78, 5) is 13.3. The smallest absolute Gasteiger partial charge is 0.151 e. The molecule has 2 rings (SSSR count). The molecule has 0 bridgehead atoms. The summed E-state index contributed by atoms with van der Waals surface area (Å²) in [6, 6.07) is 8.25. The predicted molar refractivity (Wildman–Crippen MR) is 126 cm³/mol. The van der Waals surface area contributed by atoms with Crippen LogP contribution in [0.3, 0.4) is 0 Å². The fourth-order valence-corrected chi connectivity index (χ4v) is 2.57. The molecule has 29 heavy (non-hydrogen) atoms. The van der Waals surface area contributed by atoms with Gasteiger partial charge in [-0.15, -0.1) is 0 Å². The van der Waals surface area contributed by atoms with Crippen LogP contribution in [0.15, 0.2) is 81.3 Å². The average Bonchev–Trinajstić information content (AvgIpc) is 3.23. The van der Waals surface area contributed by atoms with Crippen molar-refractivity contribution in [3.63, 3.8) is 0 Å². The van der Waals surface area contributed by atoms with Crippen LogP contribution in [0, 0.1) is 0 Å². The van der Waals surface area contributed by atoms with E-state index in [0.29, 0.717) is 5.84 Å². The molecule has 1 heterocycles. The maximum Gasteiger partial charge on any atom is 0.151 e. The zero-order valence-corrected chi connectivity index (χ0v) is 17.8. The predicted octanol–water partition coefficient (Wildman–Crippen LogP) is 4.92. The number of benzene rings is 1. The third-order valence-corrected chi connectivity index (χ3v) is 4.33. The van der Waals surface area contributed by atoms with E-state index in [9.17, 15) is 0 Å². The molecule has 0 aromatic heterocycles. The standard InChI is InChI=1S/C23H30N6/c1-6-12-26-23(19(4)27-14-17(2)18(3)16-29(5)24)28-22-9-7-20(8-10-22)21-11-13-25-15-21/h6-10,12-16H,11,24H2,1-5H3,(H,26,28)/b12-6-,17-14+,18-16+,27-19?. The van der Waals surface area contributed by atoms with Crippen molar-refractivity contribution in [2.45, 2.75) is 34.1 Å². The van der Waals surface area contributed by atoms with Gasteiger partial charge in [0.25, 0.3) is 0 Å². The molecule has 0 saturated heterocycles. The maximum absolute atomic E-state index is 5.67. The van der Waals surface area contributed by atoms with Crippen molar-refractivity contribution < 1.29 is 0 Å². The van der Waals surface area contributed by atoms with Crippen LogP contribution < -0.4 is 11.2 Å². The number of hydrazine groups is 1.